The third kappa shape index (κ3) is 3.79. The molecule has 7 heteroatoms. The number of likely N-dealkylation sites (tertiary alicyclic amines) is 1. The second kappa shape index (κ2) is 6.37. The van der Waals surface area contributed by atoms with Gasteiger partial charge in [0.05, 0.1) is 8.66 Å². The molecular weight excluding hydrogens is 398 g/mol. The molecule has 1 atom stereocenters. The minimum absolute atomic E-state index is 0.0363. The van der Waals surface area contributed by atoms with Gasteiger partial charge in [-0.25, -0.2) is 0 Å². The van der Waals surface area contributed by atoms with Crippen LogP contribution in [0.15, 0.2) is 14.3 Å². The van der Waals surface area contributed by atoms with Gasteiger partial charge in [0.2, 0.25) is 0 Å². The molecular formula is C12H13Br2NO3S. The maximum Gasteiger partial charge on any atom is 0.303 e. The summed E-state index contributed by atoms with van der Waals surface area (Å²) in [6, 6.07) is 1.82. The molecule has 1 aliphatic rings. The number of carboxylic acids is 1. The molecule has 0 bridgehead atoms. The molecule has 104 valence electrons. The Morgan fingerprint density at radius 2 is 2.21 bits per heavy atom. The fraction of sp³-hybridized carbons (Fsp3) is 0.500. The van der Waals surface area contributed by atoms with Crippen LogP contribution in [0.25, 0.3) is 0 Å². The maximum absolute atomic E-state index is 12.3. The highest BCUT2D eigenvalue weighted by molar-refractivity contribution is 9.13. The van der Waals surface area contributed by atoms with Gasteiger partial charge >= 0.3 is 5.97 Å². The van der Waals surface area contributed by atoms with Crippen molar-refractivity contribution in [3.63, 3.8) is 0 Å². The fourth-order valence-corrected chi connectivity index (χ4v) is 4.19. The third-order valence-corrected chi connectivity index (χ3v) is 6.44. The van der Waals surface area contributed by atoms with Gasteiger partial charge in [-0.15, -0.1) is 11.3 Å². The lowest BCUT2D eigenvalue weighted by molar-refractivity contribution is -0.137. The van der Waals surface area contributed by atoms with Crippen molar-refractivity contribution in [2.45, 2.75) is 19.3 Å². The molecule has 1 aliphatic heterocycles. The molecule has 0 spiro atoms. The zero-order valence-electron chi connectivity index (χ0n) is 10.1. The topological polar surface area (TPSA) is 57.6 Å². The first-order valence-electron chi connectivity index (χ1n) is 5.93. The first-order valence-corrected chi connectivity index (χ1v) is 8.33. The van der Waals surface area contributed by atoms with Gasteiger partial charge in [-0.1, -0.05) is 0 Å². The molecule has 1 amide bonds. The lowest BCUT2D eigenvalue weighted by Gasteiger charge is -2.15. The lowest BCUT2D eigenvalue weighted by Crippen LogP contribution is -2.28. The van der Waals surface area contributed by atoms with Crippen molar-refractivity contribution in [3.05, 3.63) is 19.2 Å². The van der Waals surface area contributed by atoms with E-state index in [1.54, 1.807) is 0 Å². The summed E-state index contributed by atoms with van der Waals surface area (Å²) in [5, 5.41) is 8.67. The summed E-state index contributed by atoms with van der Waals surface area (Å²) in [7, 11) is 0. The molecule has 0 aromatic carbocycles. The molecule has 1 aromatic heterocycles. The second-order valence-corrected chi connectivity index (χ2v) is 7.80. The van der Waals surface area contributed by atoms with Crippen LogP contribution in [0, 0.1) is 5.92 Å². The van der Waals surface area contributed by atoms with Crippen molar-refractivity contribution in [2.75, 3.05) is 13.1 Å². The predicted molar refractivity (Wildman–Crippen MR) is 80.6 cm³/mol. The molecule has 2 heterocycles. The zero-order chi connectivity index (χ0) is 14.0. The Bertz CT molecular complexity index is 484. The number of amides is 1. The average Bonchev–Trinajstić information content (AvgIpc) is 2.94. The molecule has 1 N–H and O–H groups in total. The number of halogens is 2. The third-order valence-electron chi connectivity index (χ3n) is 3.20. The van der Waals surface area contributed by atoms with E-state index in [1.807, 2.05) is 11.0 Å². The molecule has 19 heavy (non-hydrogen) atoms. The Balaban J connectivity index is 1.93. The Morgan fingerprint density at radius 1 is 1.47 bits per heavy atom. The van der Waals surface area contributed by atoms with E-state index in [1.165, 1.54) is 11.3 Å². The predicted octanol–water partition coefficient (Wildman–Crippen LogP) is 3.60. The highest BCUT2D eigenvalue weighted by Gasteiger charge is 2.28. The smallest absolute Gasteiger partial charge is 0.303 e. The van der Waals surface area contributed by atoms with Crippen LogP contribution < -0.4 is 0 Å². The van der Waals surface area contributed by atoms with Crippen molar-refractivity contribution >= 4 is 55.1 Å². The molecule has 2 rings (SSSR count). The zero-order valence-corrected chi connectivity index (χ0v) is 14.1. The van der Waals surface area contributed by atoms with Gasteiger partial charge in [-0.2, -0.15) is 0 Å². The van der Waals surface area contributed by atoms with Gasteiger partial charge in [-0.05, 0) is 56.7 Å². The van der Waals surface area contributed by atoms with Crippen LogP contribution in [0.1, 0.15) is 28.9 Å². The molecule has 1 fully saturated rings. The number of aliphatic carboxylic acids is 1. The van der Waals surface area contributed by atoms with Crippen molar-refractivity contribution in [1.29, 1.82) is 0 Å². The first-order chi connectivity index (χ1) is 8.97. The monoisotopic (exact) mass is 409 g/mol. The normalized spacial score (nSPS) is 18.8. The van der Waals surface area contributed by atoms with Crippen molar-refractivity contribution in [2.24, 2.45) is 5.92 Å². The van der Waals surface area contributed by atoms with Crippen LogP contribution in [0.5, 0.6) is 0 Å². The van der Waals surface area contributed by atoms with Crippen LogP contribution in [0.4, 0.5) is 0 Å². The second-order valence-electron chi connectivity index (χ2n) is 4.57. The van der Waals surface area contributed by atoms with E-state index in [0.29, 0.717) is 23.8 Å². The van der Waals surface area contributed by atoms with Gasteiger partial charge in [0, 0.05) is 24.0 Å². The van der Waals surface area contributed by atoms with Crippen molar-refractivity contribution in [1.82, 2.24) is 4.90 Å². The number of hydrogen-bond acceptors (Lipinski definition) is 3. The Morgan fingerprint density at radius 3 is 2.79 bits per heavy atom. The average molecular weight is 411 g/mol. The molecule has 0 saturated carbocycles. The first kappa shape index (κ1) is 15.0. The van der Waals surface area contributed by atoms with E-state index in [4.69, 9.17) is 5.11 Å². The van der Waals surface area contributed by atoms with Gasteiger partial charge in [0.15, 0.2) is 0 Å². The number of rotatable bonds is 4. The van der Waals surface area contributed by atoms with Gasteiger partial charge in [-0.3, -0.25) is 9.59 Å². The largest absolute Gasteiger partial charge is 0.481 e. The Hall–Kier alpha value is -0.400. The number of hydrogen-bond donors (Lipinski definition) is 1. The molecule has 0 radical (unpaired) electrons. The van der Waals surface area contributed by atoms with Gasteiger partial charge in [0.25, 0.3) is 5.91 Å². The highest BCUT2D eigenvalue weighted by Crippen LogP contribution is 2.34. The van der Waals surface area contributed by atoms with Crippen molar-refractivity contribution in [3.8, 4) is 0 Å². The standard InChI is InChI=1S/C12H13Br2NO3S/c13-8-5-9(19-11(8)14)12(18)15-4-3-7(6-15)1-2-10(16)17/h5,7H,1-4,6H2,(H,16,17). The maximum atomic E-state index is 12.3. The number of nitrogens with zero attached hydrogens (tertiary/aromatic N) is 1. The van der Waals surface area contributed by atoms with Crippen LogP contribution in [0.3, 0.4) is 0 Å². The Labute approximate surface area is 132 Å². The van der Waals surface area contributed by atoms with Gasteiger partial charge < -0.3 is 10.0 Å². The molecule has 1 saturated heterocycles. The van der Waals surface area contributed by atoms with Gasteiger partial charge in [0.1, 0.15) is 0 Å². The van der Waals surface area contributed by atoms with E-state index in [9.17, 15) is 9.59 Å². The molecule has 0 aliphatic carbocycles. The van der Waals surface area contributed by atoms with Crippen LogP contribution >= 0.6 is 43.2 Å². The summed E-state index contributed by atoms with van der Waals surface area (Å²) < 4.78 is 1.81. The highest BCUT2D eigenvalue weighted by atomic mass is 79.9. The van der Waals surface area contributed by atoms with E-state index < -0.39 is 5.97 Å². The number of carbonyl (C=O) groups is 2. The summed E-state index contributed by atoms with van der Waals surface area (Å²) in [4.78, 5) is 25.3. The minimum atomic E-state index is -0.768. The van der Waals surface area contributed by atoms with E-state index >= 15 is 0 Å². The summed E-state index contributed by atoms with van der Waals surface area (Å²) in [6.45, 7) is 1.38. The summed E-state index contributed by atoms with van der Waals surface area (Å²) in [5.41, 5.74) is 0. The van der Waals surface area contributed by atoms with Crippen LogP contribution in [-0.2, 0) is 4.79 Å². The molecule has 1 unspecified atom stereocenters. The Kier molecular flexibility index (Phi) is 5.03. The van der Waals surface area contributed by atoms with Crippen LogP contribution in [0.2, 0.25) is 0 Å². The quantitative estimate of drug-likeness (QED) is 0.824. The number of thiophene rings is 1. The summed E-state index contributed by atoms with van der Waals surface area (Å²) >= 11 is 8.17. The number of carboxylic acid groups (broad SMARTS) is 1. The summed E-state index contributed by atoms with van der Waals surface area (Å²) in [6.07, 6.45) is 1.73. The van der Waals surface area contributed by atoms with E-state index in [0.717, 1.165) is 21.2 Å². The van der Waals surface area contributed by atoms with E-state index in [2.05, 4.69) is 31.9 Å². The van der Waals surface area contributed by atoms with Crippen LogP contribution in [-0.4, -0.2) is 35.0 Å². The SMILES string of the molecule is O=C(O)CCC1CCN(C(=O)c2cc(Br)c(Br)s2)C1. The fourth-order valence-electron chi connectivity index (χ4n) is 2.19. The minimum Gasteiger partial charge on any atom is -0.481 e. The number of carbonyl (C=O) groups excluding carboxylic acids is 1. The summed E-state index contributed by atoms with van der Waals surface area (Å²) in [5.74, 6) is -0.419. The lowest BCUT2D eigenvalue weighted by atomic mass is 10.0. The molecule has 1 aromatic rings. The van der Waals surface area contributed by atoms with E-state index in [-0.39, 0.29) is 12.3 Å². The van der Waals surface area contributed by atoms with Crippen molar-refractivity contribution < 1.29 is 14.7 Å². The molecule has 4 nitrogen and oxygen atoms in total.